The summed E-state index contributed by atoms with van der Waals surface area (Å²) < 4.78 is 15.0. The molecule has 0 atom stereocenters. The van der Waals surface area contributed by atoms with E-state index in [1.165, 1.54) is 11.1 Å². The molecule has 1 aromatic heterocycles. The van der Waals surface area contributed by atoms with Crippen LogP contribution in [-0.4, -0.2) is 9.97 Å². The number of aromatic nitrogens is 2. The lowest BCUT2D eigenvalue weighted by molar-refractivity contribution is 0.629. The van der Waals surface area contributed by atoms with E-state index in [0.717, 1.165) is 50.3 Å². The van der Waals surface area contributed by atoms with Gasteiger partial charge in [0.05, 0.1) is 28.5 Å². The number of para-hydroxylation sites is 2. The molecule has 0 amide bonds. The molecule has 0 N–H and O–H groups in total. The van der Waals surface area contributed by atoms with Gasteiger partial charge in [-0.15, -0.1) is 0 Å². The van der Waals surface area contributed by atoms with Gasteiger partial charge < -0.3 is 4.90 Å². The van der Waals surface area contributed by atoms with Crippen molar-refractivity contribution in [1.29, 1.82) is 0 Å². The van der Waals surface area contributed by atoms with Gasteiger partial charge in [0, 0.05) is 39.7 Å². The largest absolute Gasteiger partial charge is 0.309 e. The number of hydrogen-bond donors (Lipinski definition) is 0. The van der Waals surface area contributed by atoms with Crippen LogP contribution in [0, 0.1) is 5.82 Å². The minimum absolute atomic E-state index is 0.145. The molecule has 4 heteroatoms. The zero-order chi connectivity index (χ0) is 22.3. The van der Waals surface area contributed by atoms with Crippen LogP contribution in [-0.2, 0) is 5.41 Å². The summed E-state index contributed by atoms with van der Waals surface area (Å²) in [4.78, 5) is 11.4. The van der Waals surface area contributed by atoms with E-state index in [0.29, 0.717) is 0 Å². The minimum atomic E-state index is -0.270. The second-order valence-corrected chi connectivity index (χ2v) is 9.26. The average molecular weight is 429 g/mol. The first kappa shape index (κ1) is 18.5. The summed E-state index contributed by atoms with van der Waals surface area (Å²) in [6, 6.07) is 24.5. The van der Waals surface area contributed by atoms with Crippen molar-refractivity contribution >= 4 is 27.8 Å². The Hall–Kier alpha value is -4.05. The highest BCUT2D eigenvalue weighted by Crippen LogP contribution is 2.55. The fourth-order valence-corrected chi connectivity index (χ4v) is 5.67. The van der Waals surface area contributed by atoms with Crippen molar-refractivity contribution in [3.63, 3.8) is 0 Å². The van der Waals surface area contributed by atoms with Gasteiger partial charge in [0.1, 0.15) is 5.82 Å². The predicted octanol–water partition coefficient (Wildman–Crippen LogP) is 7.53. The molecule has 1 aliphatic heterocycles. The van der Waals surface area contributed by atoms with E-state index < -0.39 is 0 Å². The molecule has 0 saturated heterocycles. The van der Waals surface area contributed by atoms with Crippen LogP contribution >= 0.6 is 0 Å². The summed E-state index contributed by atoms with van der Waals surface area (Å²) >= 11 is 0. The first-order chi connectivity index (χ1) is 16.1. The Morgan fingerprint density at radius 3 is 1.97 bits per heavy atom. The molecule has 0 saturated carbocycles. The third-order valence-electron chi connectivity index (χ3n) is 7.14. The number of anilines is 3. The first-order valence-corrected chi connectivity index (χ1v) is 11.1. The zero-order valence-corrected chi connectivity index (χ0v) is 18.3. The van der Waals surface area contributed by atoms with Gasteiger partial charge >= 0.3 is 0 Å². The molecule has 158 valence electrons. The molecular weight excluding hydrogens is 409 g/mol. The van der Waals surface area contributed by atoms with Crippen molar-refractivity contribution in [1.82, 2.24) is 9.97 Å². The lowest BCUT2D eigenvalue weighted by Crippen LogP contribution is -2.30. The summed E-state index contributed by atoms with van der Waals surface area (Å²) in [5.41, 5.74) is 8.92. The van der Waals surface area contributed by atoms with Crippen molar-refractivity contribution in [3.05, 3.63) is 102 Å². The maximum Gasteiger partial charge on any atom is 0.124 e. The minimum Gasteiger partial charge on any atom is -0.309 e. The molecular formula is C29H20FN3. The molecule has 0 unspecified atom stereocenters. The molecule has 0 radical (unpaired) electrons. The second-order valence-electron chi connectivity index (χ2n) is 9.26. The predicted molar refractivity (Wildman–Crippen MR) is 131 cm³/mol. The van der Waals surface area contributed by atoms with Crippen LogP contribution in [0.25, 0.3) is 33.3 Å². The fourth-order valence-electron chi connectivity index (χ4n) is 5.67. The standard InChI is InChI=1S/C29H20FN3/c1-29(2)21-7-3-5-9-24(21)33(25-10-6-4-8-22(25)29)23-12-11-18-26-19(23)15-17(30)16-20(26)28-27(18)31-13-14-32-28/h3-16H,1-2H3. The molecule has 0 spiro atoms. The van der Waals surface area contributed by atoms with Crippen LogP contribution in [0.2, 0.25) is 0 Å². The third kappa shape index (κ3) is 2.33. The van der Waals surface area contributed by atoms with Crippen molar-refractivity contribution in [2.24, 2.45) is 0 Å². The van der Waals surface area contributed by atoms with Gasteiger partial charge in [0.15, 0.2) is 0 Å². The van der Waals surface area contributed by atoms with Gasteiger partial charge in [-0.1, -0.05) is 50.2 Å². The van der Waals surface area contributed by atoms with E-state index >= 15 is 0 Å². The summed E-state index contributed by atoms with van der Waals surface area (Å²) in [6.07, 6.45) is 3.36. The van der Waals surface area contributed by atoms with Crippen LogP contribution in [0.15, 0.2) is 85.2 Å². The molecule has 4 aromatic carbocycles. The van der Waals surface area contributed by atoms with Crippen molar-refractivity contribution in [3.8, 4) is 22.5 Å². The van der Waals surface area contributed by atoms with E-state index in [4.69, 9.17) is 0 Å². The molecule has 2 aliphatic rings. The van der Waals surface area contributed by atoms with Gasteiger partial charge in [-0.05, 0) is 47.5 Å². The molecule has 3 nitrogen and oxygen atoms in total. The Morgan fingerprint density at radius 1 is 0.697 bits per heavy atom. The Kier molecular flexibility index (Phi) is 3.51. The highest BCUT2D eigenvalue weighted by molar-refractivity contribution is 6.18. The molecule has 0 fully saturated rings. The molecule has 33 heavy (non-hydrogen) atoms. The topological polar surface area (TPSA) is 29.0 Å². The lowest BCUT2D eigenvalue weighted by Gasteiger charge is -2.42. The van der Waals surface area contributed by atoms with Crippen molar-refractivity contribution < 1.29 is 4.39 Å². The quantitative estimate of drug-likeness (QED) is 0.271. The second kappa shape index (κ2) is 6.26. The fraction of sp³-hybridized carbons (Fsp3) is 0.103. The highest BCUT2D eigenvalue weighted by Gasteiger charge is 2.37. The van der Waals surface area contributed by atoms with Gasteiger partial charge in [-0.2, -0.15) is 0 Å². The maximum atomic E-state index is 15.0. The number of hydrogen-bond acceptors (Lipinski definition) is 3. The van der Waals surface area contributed by atoms with E-state index in [1.54, 1.807) is 24.5 Å². The third-order valence-corrected chi connectivity index (χ3v) is 7.14. The number of halogens is 1. The molecule has 0 bridgehead atoms. The Bertz CT molecular complexity index is 1570. The van der Waals surface area contributed by atoms with E-state index in [-0.39, 0.29) is 11.2 Å². The Morgan fingerprint density at radius 2 is 1.30 bits per heavy atom. The summed E-state index contributed by atoms with van der Waals surface area (Å²) in [7, 11) is 0. The molecule has 7 rings (SSSR count). The van der Waals surface area contributed by atoms with E-state index in [1.807, 2.05) is 0 Å². The smallest absolute Gasteiger partial charge is 0.124 e. The summed E-state index contributed by atoms with van der Waals surface area (Å²) in [5.74, 6) is -0.270. The Labute approximate surface area is 191 Å². The number of benzene rings is 4. The monoisotopic (exact) mass is 429 g/mol. The van der Waals surface area contributed by atoms with Crippen LogP contribution in [0.4, 0.5) is 21.5 Å². The summed E-state index contributed by atoms with van der Waals surface area (Å²) in [5, 5.41) is 1.88. The average Bonchev–Trinajstić information content (AvgIpc) is 3.15. The van der Waals surface area contributed by atoms with Crippen LogP contribution in [0.5, 0.6) is 0 Å². The SMILES string of the molecule is CC1(C)c2ccccc2N(c2ccc3c4c(cc(F)cc24)-c2nccnc2-3)c2ccccc21. The number of nitrogens with zero attached hydrogens (tertiary/aromatic N) is 3. The van der Waals surface area contributed by atoms with Crippen molar-refractivity contribution in [2.75, 3.05) is 4.90 Å². The normalized spacial score (nSPS) is 14.7. The lowest BCUT2D eigenvalue weighted by atomic mass is 9.73. The van der Waals surface area contributed by atoms with Crippen molar-refractivity contribution in [2.45, 2.75) is 19.3 Å². The maximum absolute atomic E-state index is 15.0. The van der Waals surface area contributed by atoms with Crippen LogP contribution < -0.4 is 4.90 Å². The number of fused-ring (bicyclic) bond motifs is 5. The molecule has 5 aromatic rings. The van der Waals surface area contributed by atoms with Gasteiger partial charge in [0.2, 0.25) is 0 Å². The van der Waals surface area contributed by atoms with Crippen LogP contribution in [0.3, 0.4) is 0 Å². The summed E-state index contributed by atoms with van der Waals surface area (Å²) in [6.45, 7) is 4.53. The highest BCUT2D eigenvalue weighted by atomic mass is 19.1. The number of rotatable bonds is 1. The Balaban J connectivity index is 1.59. The molecule has 2 heterocycles. The van der Waals surface area contributed by atoms with Gasteiger partial charge in [0.25, 0.3) is 0 Å². The van der Waals surface area contributed by atoms with E-state index in [2.05, 4.69) is 89.4 Å². The van der Waals surface area contributed by atoms with E-state index in [9.17, 15) is 4.39 Å². The van der Waals surface area contributed by atoms with Crippen LogP contribution in [0.1, 0.15) is 25.0 Å². The first-order valence-electron chi connectivity index (χ1n) is 11.1. The zero-order valence-electron chi connectivity index (χ0n) is 18.3. The molecule has 1 aliphatic carbocycles. The van der Waals surface area contributed by atoms with Gasteiger partial charge in [-0.3, -0.25) is 9.97 Å². The van der Waals surface area contributed by atoms with Gasteiger partial charge in [-0.25, -0.2) is 4.39 Å².